The number of aliphatic carboxylic acids is 1. The average Bonchev–Trinajstić information content (AvgIpc) is 2.81. The molecule has 3 N–H and O–H groups in total. The van der Waals surface area contributed by atoms with E-state index in [0.717, 1.165) is 9.88 Å². The third kappa shape index (κ3) is 6.84. The Kier molecular flexibility index (Phi) is 6.80. The molecule has 7 nitrogen and oxygen atoms in total. The number of carbonyl (C=O) groups excluding carboxylic acids is 2. The van der Waals surface area contributed by atoms with Crippen LogP contribution in [0.3, 0.4) is 0 Å². The molecule has 1 unspecified atom stereocenters. The van der Waals surface area contributed by atoms with Crippen LogP contribution >= 0.6 is 11.3 Å². The molecule has 21 heavy (non-hydrogen) atoms. The third-order valence-electron chi connectivity index (χ3n) is 2.65. The zero-order chi connectivity index (χ0) is 15.8. The maximum atomic E-state index is 11.6. The summed E-state index contributed by atoms with van der Waals surface area (Å²) < 4.78 is 0. The summed E-state index contributed by atoms with van der Waals surface area (Å²) in [5, 5.41) is 14.1. The molecule has 1 rings (SSSR count). The summed E-state index contributed by atoms with van der Waals surface area (Å²) in [4.78, 5) is 38.6. The van der Waals surface area contributed by atoms with Gasteiger partial charge in [-0.3, -0.25) is 14.9 Å². The average molecular weight is 313 g/mol. The largest absolute Gasteiger partial charge is 0.481 e. The Morgan fingerprint density at radius 1 is 1.33 bits per heavy atom. The number of hydrogen-bond donors (Lipinski definition) is 3. The molecule has 1 heterocycles. The number of carboxylic acid groups (broad SMARTS) is 1. The van der Waals surface area contributed by atoms with Gasteiger partial charge >= 0.3 is 12.0 Å². The molecule has 0 aliphatic carbocycles. The molecule has 1 atom stereocenters. The van der Waals surface area contributed by atoms with Crippen molar-refractivity contribution in [1.82, 2.24) is 15.6 Å². The summed E-state index contributed by atoms with van der Waals surface area (Å²) >= 11 is 1.48. The van der Waals surface area contributed by atoms with Crippen LogP contribution in [0.4, 0.5) is 4.79 Å². The van der Waals surface area contributed by atoms with Gasteiger partial charge in [-0.1, -0.05) is 0 Å². The van der Waals surface area contributed by atoms with E-state index in [9.17, 15) is 14.4 Å². The molecule has 0 bridgehead atoms. The number of thiazole rings is 1. The lowest BCUT2D eigenvalue weighted by Gasteiger charge is -2.11. The molecule has 0 fully saturated rings. The van der Waals surface area contributed by atoms with Gasteiger partial charge in [-0.15, -0.1) is 11.3 Å². The minimum atomic E-state index is -0.888. The molecule has 116 valence electrons. The fourth-order valence-corrected chi connectivity index (χ4v) is 2.39. The molecule has 0 saturated carbocycles. The van der Waals surface area contributed by atoms with Crippen molar-refractivity contribution in [1.29, 1.82) is 0 Å². The van der Waals surface area contributed by atoms with Crippen molar-refractivity contribution in [3.63, 3.8) is 0 Å². The number of aromatic nitrogens is 1. The van der Waals surface area contributed by atoms with Gasteiger partial charge in [0.15, 0.2) is 0 Å². The van der Waals surface area contributed by atoms with Crippen molar-refractivity contribution in [3.05, 3.63) is 16.1 Å². The van der Waals surface area contributed by atoms with Crippen LogP contribution in [0.25, 0.3) is 0 Å². The van der Waals surface area contributed by atoms with E-state index in [4.69, 9.17) is 5.11 Å². The number of nitrogens with one attached hydrogen (secondary N) is 2. The van der Waals surface area contributed by atoms with Gasteiger partial charge in [0.25, 0.3) is 0 Å². The Morgan fingerprint density at radius 3 is 2.57 bits per heavy atom. The van der Waals surface area contributed by atoms with Crippen molar-refractivity contribution in [2.75, 3.05) is 0 Å². The number of aryl methyl sites for hydroxylation is 1. The van der Waals surface area contributed by atoms with Crippen LogP contribution in [0.1, 0.15) is 48.5 Å². The molecule has 0 saturated heterocycles. The van der Waals surface area contributed by atoms with E-state index >= 15 is 0 Å². The van der Waals surface area contributed by atoms with Crippen LogP contribution in [-0.4, -0.2) is 28.0 Å². The molecule has 0 aliphatic heterocycles. The SMILES string of the molecule is Cc1cnc(C(C)NC(=O)NC(=O)CCCCC(=O)O)s1. The summed E-state index contributed by atoms with van der Waals surface area (Å²) in [5.74, 6) is -1.30. The molecule has 0 aliphatic rings. The summed E-state index contributed by atoms with van der Waals surface area (Å²) in [7, 11) is 0. The fourth-order valence-electron chi connectivity index (χ4n) is 1.62. The van der Waals surface area contributed by atoms with Crippen molar-refractivity contribution >= 4 is 29.2 Å². The zero-order valence-electron chi connectivity index (χ0n) is 12.0. The number of carbonyl (C=O) groups is 3. The smallest absolute Gasteiger partial charge is 0.321 e. The van der Waals surface area contributed by atoms with E-state index in [1.165, 1.54) is 11.3 Å². The number of imide groups is 1. The standard InChI is InChI=1S/C13H19N3O4S/c1-8-7-14-12(21-8)9(2)15-13(20)16-10(17)5-3-4-6-11(18)19/h7,9H,3-6H2,1-2H3,(H,18,19)(H2,15,16,17,20). The summed E-state index contributed by atoms with van der Waals surface area (Å²) in [5.41, 5.74) is 0. The number of unbranched alkanes of at least 4 members (excludes halogenated alkanes) is 1. The lowest BCUT2D eigenvalue weighted by molar-refractivity contribution is -0.137. The molecular formula is C13H19N3O4S. The maximum Gasteiger partial charge on any atom is 0.321 e. The second-order valence-electron chi connectivity index (χ2n) is 4.65. The highest BCUT2D eigenvalue weighted by molar-refractivity contribution is 7.11. The van der Waals surface area contributed by atoms with E-state index in [0.29, 0.717) is 12.8 Å². The number of rotatable bonds is 7. The lowest BCUT2D eigenvalue weighted by atomic mass is 10.2. The predicted octanol–water partition coefficient (Wildman–Crippen LogP) is 1.98. The first-order valence-corrected chi connectivity index (χ1v) is 7.44. The number of carboxylic acids is 1. The van der Waals surface area contributed by atoms with Gasteiger partial charge < -0.3 is 10.4 Å². The minimum Gasteiger partial charge on any atom is -0.481 e. The molecule has 3 amide bonds. The lowest BCUT2D eigenvalue weighted by Crippen LogP contribution is -2.40. The van der Waals surface area contributed by atoms with Crippen molar-refractivity contribution in [3.8, 4) is 0 Å². The molecule has 1 aromatic rings. The van der Waals surface area contributed by atoms with E-state index in [-0.39, 0.29) is 18.9 Å². The minimum absolute atomic E-state index is 0.0277. The first-order chi connectivity index (χ1) is 9.88. The Labute approximate surface area is 126 Å². The summed E-state index contributed by atoms with van der Waals surface area (Å²) in [6.07, 6.45) is 2.74. The number of amides is 3. The van der Waals surface area contributed by atoms with Gasteiger partial charge in [-0.2, -0.15) is 0 Å². The molecule has 1 aromatic heterocycles. The van der Waals surface area contributed by atoms with Gasteiger partial charge in [0.2, 0.25) is 5.91 Å². The second kappa shape index (κ2) is 8.35. The number of hydrogen-bond acceptors (Lipinski definition) is 5. The van der Waals surface area contributed by atoms with Crippen LogP contribution < -0.4 is 10.6 Å². The predicted molar refractivity (Wildman–Crippen MR) is 78.0 cm³/mol. The van der Waals surface area contributed by atoms with Crippen LogP contribution in [-0.2, 0) is 9.59 Å². The molecule has 0 spiro atoms. The third-order valence-corrected chi connectivity index (χ3v) is 3.75. The van der Waals surface area contributed by atoms with Crippen LogP contribution in [0.15, 0.2) is 6.20 Å². The Hall–Kier alpha value is -1.96. The molecule has 8 heteroatoms. The Bertz CT molecular complexity index is 515. The van der Waals surface area contributed by atoms with E-state index in [2.05, 4.69) is 15.6 Å². The van der Waals surface area contributed by atoms with Gasteiger partial charge in [-0.25, -0.2) is 9.78 Å². The zero-order valence-corrected chi connectivity index (χ0v) is 12.8. The van der Waals surface area contributed by atoms with E-state index in [1.807, 2.05) is 6.92 Å². The van der Waals surface area contributed by atoms with Crippen molar-refractivity contribution < 1.29 is 19.5 Å². The number of urea groups is 1. The Morgan fingerprint density at radius 2 is 2.00 bits per heavy atom. The molecule has 0 aromatic carbocycles. The fraction of sp³-hybridized carbons (Fsp3) is 0.538. The van der Waals surface area contributed by atoms with E-state index < -0.39 is 17.9 Å². The topological polar surface area (TPSA) is 108 Å². The first kappa shape index (κ1) is 17.1. The number of nitrogens with zero attached hydrogens (tertiary/aromatic N) is 1. The van der Waals surface area contributed by atoms with Crippen molar-refractivity contribution in [2.45, 2.75) is 45.6 Å². The monoisotopic (exact) mass is 313 g/mol. The summed E-state index contributed by atoms with van der Waals surface area (Å²) in [6, 6.07) is -0.845. The Balaban J connectivity index is 2.26. The molecule has 0 radical (unpaired) electrons. The highest BCUT2D eigenvalue weighted by Crippen LogP contribution is 2.18. The normalized spacial score (nSPS) is 11.7. The van der Waals surface area contributed by atoms with Crippen LogP contribution in [0.2, 0.25) is 0 Å². The van der Waals surface area contributed by atoms with Gasteiger partial charge in [0.1, 0.15) is 5.01 Å². The summed E-state index contributed by atoms with van der Waals surface area (Å²) in [6.45, 7) is 3.71. The quantitative estimate of drug-likeness (QED) is 0.667. The van der Waals surface area contributed by atoms with E-state index in [1.54, 1.807) is 13.1 Å². The van der Waals surface area contributed by atoms with Gasteiger partial charge in [-0.05, 0) is 26.7 Å². The van der Waals surface area contributed by atoms with Gasteiger partial charge in [0, 0.05) is 23.9 Å². The second-order valence-corrected chi connectivity index (χ2v) is 5.92. The first-order valence-electron chi connectivity index (χ1n) is 6.63. The van der Waals surface area contributed by atoms with Crippen LogP contribution in [0, 0.1) is 6.92 Å². The van der Waals surface area contributed by atoms with Gasteiger partial charge in [0.05, 0.1) is 6.04 Å². The van der Waals surface area contributed by atoms with Crippen molar-refractivity contribution in [2.24, 2.45) is 0 Å². The molecular weight excluding hydrogens is 294 g/mol. The maximum absolute atomic E-state index is 11.6. The highest BCUT2D eigenvalue weighted by atomic mass is 32.1. The van der Waals surface area contributed by atoms with Crippen LogP contribution in [0.5, 0.6) is 0 Å². The highest BCUT2D eigenvalue weighted by Gasteiger charge is 2.14.